The van der Waals surface area contributed by atoms with Gasteiger partial charge in [-0.3, -0.25) is 0 Å². The van der Waals surface area contributed by atoms with Crippen LogP contribution in [0.25, 0.3) is 54.6 Å². The molecule has 2 nitrogen and oxygen atoms in total. The molecule has 43 heavy (non-hydrogen) atoms. The quantitative estimate of drug-likeness (QED) is 0.201. The van der Waals surface area contributed by atoms with Crippen LogP contribution in [0.4, 0.5) is 17.1 Å². The number of nitriles is 1. The lowest BCUT2D eigenvalue weighted by molar-refractivity contribution is 1.28. The Bertz CT molecular complexity index is 2220. The van der Waals surface area contributed by atoms with Crippen LogP contribution >= 0.6 is 0 Å². The number of rotatable bonds is 5. The Morgan fingerprint density at radius 2 is 0.977 bits per heavy atom. The second-order valence-electron chi connectivity index (χ2n) is 10.9. The van der Waals surface area contributed by atoms with Gasteiger partial charge in [0.15, 0.2) is 0 Å². The predicted molar refractivity (Wildman–Crippen MR) is 180 cm³/mol. The van der Waals surface area contributed by atoms with Crippen molar-refractivity contribution in [3.8, 4) is 28.3 Å². The summed E-state index contributed by atoms with van der Waals surface area (Å²) in [5.74, 6) is 0. The number of benzene rings is 8. The monoisotopic (exact) mass is 546 g/mol. The van der Waals surface area contributed by atoms with E-state index in [4.69, 9.17) is 0 Å². The van der Waals surface area contributed by atoms with E-state index in [0.717, 1.165) is 28.2 Å². The summed E-state index contributed by atoms with van der Waals surface area (Å²) in [4.78, 5) is 2.28. The molecule has 2 heteroatoms. The Morgan fingerprint density at radius 1 is 0.419 bits per heavy atom. The van der Waals surface area contributed by atoms with Gasteiger partial charge in [0.1, 0.15) is 0 Å². The van der Waals surface area contributed by atoms with Crippen molar-refractivity contribution >= 4 is 49.4 Å². The van der Waals surface area contributed by atoms with E-state index in [1.807, 2.05) is 24.3 Å². The van der Waals surface area contributed by atoms with Crippen LogP contribution in [0.3, 0.4) is 0 Å². The number of nitrogens with zero attached hydrogens (tertiary/aromatic N) is 2. The molecule has 0 amide bonds. The average Bonchev–Trinajstić information content (AvgIpc) is 3.08. The van der Waals surface area contributed by atoms with Gasteiger partial charge in [0.25, 0.3) is 0 Å². The third-order valence-corrected chi connectivity index (χ3v) is 8.42. The van der Waals surface area contributed by atoms with Crippen molar-refractivity contribution < 1.29 is 0 Å². The summed E-state index contributed by atoms with van der Waals surface area (Å²) in [6.07, 6.45) is 0. The molecule has 0 aliphatic rings. The van der Waals surface area contributed by atoms with Crippen LogP contribution in [-0.4, -0.2) is 0 Å². The molecule has 0 atom stereocenters. The molecular formula is C41H26N2. The van der Waals surface area contributed by atoms with Gasteiger partial charge in [-0.15, -0.1) is 0 Å². The highest BCUT2D eigenvalue weighted by Crippen LogP contribution is 2.42. The fraction of sp³-hybridized carbons (Fsp3) is 0. The Kier molecular flexibility index (Phi) is 5.88. The number of anilines is 3. The SMILES string of the molecule is N#Cc1ccccc1-c1ccc2ccc3cc(-c4ccc(N(c5ccccc5)c5ccccc5)cc4)cc4ccc1c2c34. The summed E-state index contributed by atoms with van der Waals surface area (Å²) in [7, 11) is 0. The molecule has 0 heterocycles. The topological polar surface area (TPSA) is 27.0 Å². The Hall–Kier alpha value is -5.91. The van der Waals surface area contributed by atoms with Crippen LogP contribution in [0.2, 0.25) is 0 Å². The number of hydrogen-bond donors (Lipinski definition) is 0. The van der Waals surface area contributed by atoms with E-state index >= 15 is 0 Å². The first-order valence-electron chi connectivity index (χ1n) is 14.5. The van der Waals surface area contributed by atoms with Crippen molar-refractivity contribution in [1.82, 2.24) is 0 Å². The molecule has 0 aliphatic carbocycles. The standard InChI is InChI=1S/C41H26N2/c42-27-32-9-7-8-14-37(32)38-23-19-29-15-16-30-25-33(26-31-20-24-39(38)41(29)40(30)31)28-17-21-36(22-18-28)43(34-10-3-1-4-11-34)35-12-5-2-6-13-35/h1-26H. The van der Waals surface area contributed by atoms with Gasteiger partial charge in [0.05, 0.1) is 11.6 Å². The lowest BCUT2D eigenvalue weighted by Crippen LogP contribution is -2.09. The lowest BCUT2D eigenvalue weighted by atomic mass is 9.87. The zero-order valence-electron chi connectivity index (χ0n) is 23.4. The summed E-state index contributed by atoms with van der Waals surface area (Å²) >= 11 is 0. The second-order valence-corrected chi connectivity index (χ2v) is 10.9. The molecule has 0 N–H and O–H groups in total. The van der Waals surface area contributed by atoms with Gasteiger partial charge in [-0.05, 0) is 104 Å². The van der Waals surface area contributed by atoms with E-state index in [0.29, 0.717) is 5.56 Å². The Morgan fingerprint density at radius 3 is 1.65 bits per heavy atom. The zero-order valence-corrected chi connectivity index (χ0v) is 23.4. The van der Waals surface area contributed by atoms with Gasteiger partial charge in [0, 0.05) is 22.6 Å². The normalized spacial score (nSPS) is 11.2. The largest absolute Gasteiger partial charge is 0.311 e. The second kappa shape index (κ2) is 10.2. The van der Waals surface area contributed by atoms with Crippen molar-refractivity contribution in [2.75, 3.05) is 4.90 Å². The maximum atomic E-state index is 9.77. The van der Waals surface area contributed by atoms with Gasteiger partial charge in [-0.25, -0.2) is 0 Å². The predicted octanol–water partition coefficient (Wildman–Crippen LogP) is 11.3. The van der Waals surface area contributed by atoms with Crippen molar-refractivity contribution in [2.24, 2.45) is 0 Å². The third kappa shape index (κ3) is 4.19. The minimum Gasteiger partial charge on any atom is -0.311 e. The summed E-state index contributed by atoms with van der Waals surface area (Å²) < 4.78 is 0. The smallest absolute Gasteiger partial charge is 0.0998 e. The van der Waals surface area contributed by atoms with Crippen LogP contribution in [-0.2, 0) is 0 Å². The fourth-order valence-electron chi connectivity index (χ4n) is 6.44. The van der Waals surface area contributed by atoms with Crippen molar-refractivity contribution in [1.29, 1.82) is 5.26 Å². The zero-order chi connectivity index (χ0) is 28.8. The summed E-state index contributed by atoms with van der Waals surface area (Å²) in [6, 6.07) is 57.9. The molecule has 8 rings (SSSR count). The molecule has 0 fully saturated rings. The fourth-order valence-corrected chi connectivity index (χ4v) is 6.44. The highest BCUT2D eigenvalue weighted by molar-refractivity contribution is 6.26. The first kappa shape index (κ1) is 24.9. The van der Waals surface area contributed by atoms with E-state index in [1.165, 1.54) is 43.4 Å². The molecule has 0 bridgehead atoms. The van der Waals surface area contributed by atoms with Crippen LogP contribution in [0, 0.1) is 11.3 Å². The molecule has 200 valence electrons. The van der Waals surface area contributed by atoms with Gasteiger partial charge >= 0.3 is 0 Å². The molecule has 0 saturated carbocycles. The van der Waals surface area contributed by atoms with Crippen LogP contribution in [0.5, 0.6) is 0 Å². The molecule has 0 saturated heterocycles. The van der Waals surface area contributed by atoms with E-state index in [1.54, 1.807) is 0 Å². The third-order valence-electron chi connectivity index (χ3n) is 8.42. The maximum Gasteiger partial charge on any atom is 0.0998 e. The summed E-state index contributed by atoms with van der Waals surface area (Å²) in [6.45, 7) is 0. The van der Waals surface area contributed by atoms with E-state index in [-0.39, 0.29) is 0 Å². The maximum absolute atomic E-state index is 9.77. The number of para-hydroxylation sites is 2. The minimum absolute atomic E-state index is 0.696. The molecule has 0 aromatic heterocycles. The van der Waals surface area contributed by atoms with Crippen LogP contribution < -0.4 is 4.90 Å². The van der Waals surface area contributed by atoms with E-state index in [9.17, 15) is 5.26 Å². The highest BCUT2D eigenvalue weighted by atomic mass is 15.1. The summed E-state index contributed by atoms with van der Waals surface area (Å²) in [5, 5.41) is 17.1. The van der Waals surface area contributed by atoms with E-state index in [2.05, 4.69) is 144 Å². The van der Waals surface area contributed by atoms with Crippen molar-refractivity contribution in [2.45, 2.75) is 0 Å². The molecule has 0 radical (unpaired) electrons. The summed E-state index contributed by atoms with van der Waals surface area (Å²) in [5.41, 5.74) is 8.51. The minimum atomic E-state index is 0.696. The first-order valence-corrected chi connectivity index (χ1v) is 14.5. The van der Waals surface area contributed by atoms with Crippen molar-refractivity contribution in [3.05, 3.63) is 163 Å². The lowest BCUT2D eigenvalue weighted by Gasteiger charge is -2.25. The van der Waals surface area contributed by atoms with Gasteiger partial charge in [-0.1, -0.05) is 103 Å². The molecule has 0 spiro atoms. The van der Waals surface area contributed by atoms with Crippen LogP contribution in [0.1, 0.15) is 5.56 Å². The highest BCUT2D eigenvalue weighted by Gasteiger charge is 2.16. The van der Waals surface area contributed by atoms with Gasteiger partial charge in [-0.2, -0.15) is 5.26 Å². The molecule has 8 aromatic carbocycles. The molecular weight excluding hydrogens is 520 g/mol. The first-order chi connectivity index (χ1) is 21.3. The molecule has 0 unspecified atom stereocenters. The number of hydrogen-bond acceptors (Lipinski definition) is 2. The Balaban J connectivity index is 1.24. The van der Waals surface area contributed by atoms with Crippen LogP contribution in [0.15, 0.2) is 158 Å². The molecule has 8 aromatic rings. The van der Waals surface area contributed by atoms with Gasteiger partial charge < -0.3 is 4.90 Å². The van der Waals surface area contributed by atoms with Gasteiger partial charge in [0.2, 0.25) is 0 Å². The molecule has 0 aliphatic heterocycles. The average molecular weight is 547 g/mol. The van der Waals surface area contributed by atoms with Crippen molar-refractivity contribution in [3.63, 3.8) is 0 Å². The Labute approximate surface area is 250 Å². The van der Waals surface area contributed by atoms with E-state index < -0.39 is 0 Å².